The quantitative estimate of drug-likeness (QED) is 0.735. The lowest BCUT2D eigenvalue weighted by Crippen LogP contribution is -2.37. The molecule has 0 spiro atoms. The van der Waals surface area contributed by atoms with E-state index in [9.17, 15) is 18.4 Å². The van der Waals surface area contributed by atoms with E-state index in [4.69, 9.17) is 9.84 Å². The van der Waals surface area contributed by atoms with Gasteiger partial charge in [0.05, 0.1) is 12.7 Å². The normalized spacial score (nSPS) is 27.2. The van der Waals surface area contributed by atoms with Gasteiger partial charge in [0.1, 0.15) is 0 Å². The van der Waals surface area contributed by atoms with Crippen LogP contribution in [0.1, 0.15) is 12.6 Å². The Morgan fingerprint density at radius 2 is 2.29 bits per heavy atom. The Hall–Kier alpha value is -1.54. The molecule has 1 aliphatic heterocycles. The van der Waals surface area contributed by atoms with Gasteiger partial charge in [-0.3, -0.25) is 14.3 Å². The minimum Gasteiger partial charge on any atom is -0.394 e. The molecule has 0 bridgehead atoms. The zero-order valence-corrected chi connectivity index (χ0v) is 8.60. The van der Waals surface area contributed by atoms with E-state index in [2.05, 4.69) is 0 Å². The smallest absolute Gasteiger partial charge is 0.330 e. The fraction of sp³-hybridized carbons (Fsp3) is 0.556. The Bertz CT molecular complexity index is 524. The number of nitrogens with zero attached hydrogens (tertiary/aromatic N) is 1. The highest BCUT2D eigenvalue weighted by atomic mass is 19.3. The topological polar surface area (TPSA) is 84.3 Å². The molecule has 2 N–H and O–H groups in total. The second kappa shape index (κ2) is 4.04. The van der Waals surface area contributed by atoms with Crippen LogP contribution in [0.5, 0.6) is 0 Å². The van der Waals surface area contributed by atoms with Gasteiger partial charge >= 0.3 is 5.69 Å². The SMILES string of the molecule is O=c1ccn([C@@H]2OC(CO)CC2(F)F)c(=O)[nH]1. The summed E-state index contributed by atoms with van der Waals surface area (Å²) in [6.07, 6.45) is -2.54. The lowest BCUT2D eigenvalue weighted by atomic mass is 10.2. The van der Waals surface area contributed by atoms with E-state index in [1.165, 1.54) is 0 Å². The molecule has 2 rings (SSSR count). The van der Waals surface area contributed by atoms with Crippen LogP contribution in [0.4, 0.5) is 8.78 Å². The van der Waals surface area contributed by atoms with Crippen molar-refractivity contribution in [3.8, 4) is 0 Å². The molecule has 8 heteroatoms. The Balaban J connectivity index is 2.40. The van der Waals surface area contributed by atoms with Crippen molar-refractivity contribution in [2.75, 3.05) is 6.61 Å². The molecule has 1 aromatic rings. The van der Waals surface area contributed by atoms with Crippen LogP contribution in [0.25, 0.3) is 0 Å². The highest BCUT2D eigenvalue weighted by Crippen LogP contribution is 2.41. The Kier molecular flexibility index (Phi) is 2.84. The third-order valence-corrected chi connectivity index (χ3v) is 2.49. The summed E-state index contributed by atoms with van der Waals surface area (Å²) in [5, 5.41) is 8.77. The molecular formula is C9H10F2N2O4. The fourth-order valence-electron chi connectivity index (χ4n) is 1.72. The van der Waals surface area contributed by atoms with Crippen molar-refractivity contribution in [2.45, 2.75) is 24.7 Å². The molecule has 2 atom stereocenters. The molecule has 0 amide bonds. The van der Waals surface area contributed by atoms with Gasteiger partial charge in [0.15, 0.2) is 0 Å². The Morgan fingerprint density at radius 3 is 2.82 bits per heavy atom. The lowest BCUT2D eigenvalue weighted by molar-refractivity contribution is -0.120. The van der Waals surface area contributed by atoms with Crippen molar-refractivity contribution in [3.05, 3.63) is 33.1 Å². The number of nitrogens with one attached hydrogen (secondary N) is 1. The van der Waals surface area contributed by atoms with E-state index in [0.717, 1.165) is 12.3 Å². The molecule has 0 radical (unpaired) electrons. The maximum atomic E-state index is 13.5. The number of hydrogen-bond donors (Lipinski definition) is 2. The van der Waals surface area contributed by atoms with Crippen molar-refractivity contribution in [1.29, 1.82) is 0 Å². The largest absolute Gasteiger partial charge is 0.394 e. The van der Waals surface area contributed by atoms with Crippen LogP contribution in [-0.4, -0.2) is 33.3 Å². The molecule has 1 saturated heterocycles. The van der Waals surface area contributed by atoms with Gasteiger partial charge in [-0.15, -0.1) is 0 Å². The van der Waals surface area contributed by atoms with Gasteiger partial charge in [-0.2, -0.15) is 0 Å². The van der Waals surface area contributed by atoms with Crippen LogP contribution in [0, 0.1) is 0 Å². The first-order valence-corrected chi connectivity index (χ1v) is 4.89. The van der Waals surface area contributed by atoms with Crippen molar-refractivity contribution in [2.24, 2.45) is 0 Å². The van der Waals surface area contributed by atoms with E-state index in [0.29, 0.717) is 4.57 Å². The summed E-state index contributed by atoms with van der Waals surface area (Å²) in [4.78, 5) is 24.0. The molecule has 2 heterocycles. The maximum Gasteiger partial charge on any atom is 0.330 e. The van der Waals surface area contributed by atoms with E-state index in [1.807, 2.05) is 4.98 Å². The predicted octanol–water partition coefficient (Wildman–Crippen LogP) is -0.548. The van der Waals surface area contributed by atoms with Crippen LogP contribution >= 0.6 is 0 Å². The summed E-state index contributed by atoms with van der Waals surface area (Å²) in [7, 11) is 0. The number of aromatic nitrogens is 2. The van der Waals surface area contributed by atoms with Crippen molar-refractivity contribution in [3.63, 3.8) is 0 Å². The average molecular weight is 248 g/mol. The van der Waals surface area contributed by atoms with Gasteiger partial charge in [-0.1, -0.05) is 0 Å². The molecule has 0 saturated carbocycles. The van der Waals surface area contributed by atoms with Crippen LogP contribution in [0.3, 0.4) is 0 Å². The van der Waals surface area contributed by atoms with Gasteiger partial charge in [0, 0.05) is 18.7 Å². The summed E-state index contributed by atoms with van der Waals surface area (Å²) in [6, 6.07) is 0.952. The third-order valence-electron chi connectivity index (χ3n) is 2.49. The molecule has 94 valence electrons. The molecule has 17 heavy (non-hydrogen) atoms. The average Bonchev–Trinajstić information content (AvgIpc) is 2.54. The zero-order chi connectivity index (χ0) is 12.6. The van der Waals surface area contributed by atoms with Crippen molar-refractivity contribution >= 4 is 0 Å². The lowest BCUT2D eigenvalue weighted by Gasteiger charge is -2.19. The zero-order valence-electron chi connectivity index (χ0n) is 8.60. The summed E-state index contributed by atoms with van der Waals surface area (Å²) in [5.41, 5.74) is -1.65. The Labute approximate surface area is 93.5 Å². The van der Waals surface area contributed by atoms with Gasteiger partial charge in [-0.25, -0.2) is 13.6 Å². The van der Waals surface area contributed by atoms with Gasteiger partial charge in [-0.05, 0) is 0 Å². The summed E-state index contributed by atoms with van der Waals surface area (Å²) < 4.78 is 32.5. The minimum absolute atomic E-state index is 0.551. The number of rotatable bonds is 2. The molecule has 1 unspecified atom stereocenters. The van der Waals surface area contributed by atoms with Gasteiger partial charge < -0.3 is 9.84 Å². The minimum atomic E-state index is -3.27. The van der Waals surface area contributed by atoms with Crippen molar-refractivity contribution < 1.29 is 18.6 Å². The van der Waals surface area contributed by atoms with Crippen LogP contribution < -0.4 is 11.2 Å². The highest BCUT2D eigenvalue weighted by molar-refractivity contribution is 4.92. The van der Waals surface area contributed by atoms with E-state index < -0.39 is 42.5 Å². The standard InChI is InChI=1S/C9H10F2N2O4/c10-9(11)3-5(4-14)17-7(9)13-2-1-6(15)12-8(13)16/h1-2,5,7,14H,3-4H2,(H,12,15,16)/t5?,7-/m1/s1. The number of aromatic amines is 1. The van der Waals surface area contributed by atoms with Crippen molar-refractivity contribution in [1.82, 2.24) is 9.55 Å². The van der Waals surface area contributed by atoms with Crippen LogP contribution in [0.2, 0.25) is 0 Å². The number of alkyl halides is 2. The first-order valence-electron chi connectivity index (χ1n) is 4.89. The van der Waals surface area contributed by atoms with E-state index >= 15 is 0 Å². The number of halogens is 2. The number of H-pyrrole nitrogens is 1. The molecular weight excluding hydrogens is 238 g/mol. The molecule has 1 aliphatic rings. The molecule has 0 aliphatic carbocycles. The molecule has 1 aromatic heterocycles. The summed E-state index contributed by atoms with van der Waals surface area (Å²) in [5.74, 6) is -3.27. The third kappa shape index (κ3) is 2.13. The summed E-state index contributed by atoms with van der Waals surface area (Å²) >= 11 is 0. The predicted molar refractivity (Wildman–Crippen MR) is 51.9 cm³/mol. The molecule has 0 aromatic carbocycles. The highest BCUT2D eigenvalue weighted by Gasteiger charge is 2.51. The summed E-state index contributed by atoms with van der Waals surface area (Å²) in [6.45, 7) is -0.551. The first-order chi connectivity index (χ1) is 7.94. The number of aliphatic hydroxyl groups is 1. The second-order valence-electron chi connectivity index (χ2n) is 3.78. The van der Waals surface area contributed by atoms with Gasteiger partial charge in [0.2, 0.25) is 6.23 Å². The van der Waals surface area contributed by atoms with Gasteiger partial charge in [0.25, 0.3) is 11.5 Å². The monoisotopic (exact) mass is 248 g/mol. The number of hydrogen-bond acceptors (Lipinski definition) is 4. The van der Waals surface area contributed by atoms with Crippen LogP contribution in [-0.2, 0) is 4.74 Å². The molecule has 1 fully saturated rings. The molecule has 6 nitrogen and oxygen atoms in total. The fourth-order valence-corrected chi connectivity index (χ4v) is 1.72. The number of aliphatic hydroxyl groups excluding tert-OH is 1. The Morgan fingerprint density at radius 1 is 1.59 bits per heavy atom. The first kappa shape index (κ1) is 11.9. The second-order valence-corrected chi connectivity index (χ2v) is 3.78. The van der Waals surface area contributed by atoms with E-state index in [-0.39, 0.29) is 0 Å². The van der Waals surface area contributed by atoms with E-state index in [1.54, 1.807) is 0 Å². The maximum absolute atomic E-state index is 13.5. The van der Waals surface area contributed by atoms with Crippen LogP contribution in [0.15, 0.2) is 21.9 Å². The number of ether oxygens (including phenoxy) is 1.